The van der Waals surface area contributed by atoms with Gasteiger partial charge in [-0.2, -0.15) is 0 Å². The maximum Gasteiger partial charge on any atom is 0.299 e. The Hall–Kier alpha value is -2.73. The van der Waals surface area contributed by atoms with Gasteiger partial charge in [0.2, 0.25) is 6.79 Å². The van der Waals surface area contributed by atoms with Crippen molar-refractivity contribution in [1.29, 1.82) is 0 Å². The SMILES string of the molecule is CCOc1ccc2c(c1)C(=O)C(=O)N2Cc1cc2c(cc1Cl)OCO2. The van der Waals surface area contributed by atoms with Crippen LogP contribution in [0.1, 0.15) is 22.8 Å². The van der Waals surface area contributed by atoms with Gasteiger partial charge in [0.05, 0.1) is 24.4 Å². The Balaban J connectivity index is 1.68. The molecule has 4 rings (SSSR count). The zero-order valence-electron chi connectivity index (χ0n) is 13.4. The van der Waals surface area contributed by atoms with E-state index in [1.807, 2.05) is 6.92 Å². The molecule has 2 aliphatic rings. The zero-order chi connectivity index (χ0) is 17.6. The van der Waals surface area contributed by atoms with Crippen LogP contribution in [0, 0.1) is 0 Å². The normalized spacial score (nSPS) is 14.9. The van der Waals surface area contributed by atoms with Gasteiger partial charge in [0.15, 0.2) is 11.5 Å². The number of anilines is 1. The van der Waals surface area contributed by atoms with E-state index in [9.17, 15) is 9.59 Å². The molecule has 0 aromatic heterocycles. The second-order valence-electron chi connectivity index (χ2n) is 5.63. The van der Waals surface area contributed by atoms with Crippen LogP contribution in [-0.2, 0) is 11.3 Å². The summed E-state index contributed by atoms with van der Waals surface area (Å²) in [6.07, 6.45) is 0. The number of hydrogen-bond donors (Lipinski definition) is 0. The van der Waals surface area contributed by atoms with Crippen molar-refractivity contribution < 1.29 is 23.8 Å². The van der Waals surface area contributed by atoms with Crippen LogP contribution in [0.25, 0.3) is 0 Å². The Morgan fingerprint density at radius 1 is 1.16 bits per heavy atom. The maximum atomic E-state index is 12.4. The van der Waals surface area contributed by atoms with Crippen LogP contribution >= 0.6 is 11.6 Å². The van der Waals surface area contributed by atoms with Crippen molar-refractivity contribution in [1.82, 2.24) is 0 Å². The molecule has 0 fully saturated rings. The first-order valence-electron chi connectivity index (χ1n) is 7.79. The number of ketones is 1. The Labute approximate surface area is 148 Å². The van der Waals surface area contributed by atoms with Crippen LogP contribution in [0.15, 0.2) is 30.3 Å². The molecule has 0 atom stereocenters. The number of rotatable bonds is 4. The van der Waals surface area contributed by atoms with Gasteiger partial charge in [0.25, 0.3) is 11.7 Å². The van der Waals surface area contributed by atoms with Gasteiger partial charge in [0.1, 0.15) is 5.75 Å². The summed E-state index contributed by atoms with van der Waals surface area (Å²) >= 11 is 6.29. The Kier molecular flexibility index (Phi) is 3.77. The first-order chi connectivity index (χ1) is 12.1. The molecular weight excluding hydrogens is 346 g/mol. The van der Waals surface area contributed by atoms with E-state index in [-0.39, 0.29) is 13.3 Å². The molecule has 0 unspecified atom stereocenters. The van der Waals surface area contributed by atoms with Crippen molar-refractivity contribution in [3.63, 3.8) is 0 Å². The van der Waals surface area contributed by atoms with Gasteiger partial charge >= 0.3 is 0 Å². The number of nitrogens with zero attached hydrogens (tertiary/aromatic N) is 1. The van der Waals surface area contributed by atoms with E-state index >= 15 is 0 Å². The largest absolute Gasteiger partial charge is 0.494 e. The third-order valence-electron chi connectivity index (χ3n) is 4.12. The minimum Gasteiger partial charge on any atom is -0.494 e. The third kappa shape index (κ3) is 2.59. The molecule has 2 aromatic carbocycles. The molecule has 7 heteroatoms. The van der Waals surface area contributed by atoms with Crippen molar-refractivity contribution >= 4 is 29.0 Å². The molecule has 2 heterocycles. The molecule has 6 nitrogen and oxygen atoms in total. The Morgan fingerprint density at radius 2 is 1.92 bits per heavy atom. The molecule has 0 bridgehead atoms. The van der Waals surface area contributed by atoms with Gasteiger partial charge in [-0.05, 0) is 36.8 Å². The van der Waals surface area contributed by atoms with Crippen molar-refractivity contribution in [2.45, 2.75) is 13.5 Å². The second-order valence-corrected chi connectivity index (χ2v) is 6.04. The number of hydrogen-bond acceptors (Lipinski definition) is 5. The van der Waals surface area contributed by atoms with Gasteiger partial charge in [0, 0.05) is 11.1 Å². The van der Waals surface area contributed by atoms with E-state index in [0.717, 1.165) is 0 Å². The van der Waals surface area contributed by atoms with E-state index in [1.165, 1.54) is 4.90 Å². The summed E-state index contributed by atoms with van der Waals surface area (Å²) in [6, 6.07) is 8.43. The van der Waals surface area contributed by atoms with Gasteiger partial charge in [-0.15, -0.1) is 0 Å². The minimum atomic E-state index is -0.586. The Bertz CT molecular complexity index is 895. The molecule has 1 amide bonds. The monoisotopic (exact) mass is 359 g/mol. The van der Waals surface area contributed by atoms with Crippen LogP contribution in [0.5, 0.6) is 17.2 Å². The lowest BCUT2D eigenvalue weighted by Gasteiger charge is -2.18. The van der Waals surface area contributed by atoms with E-state index < -0.39 is 11.7 Å². The minimum absolute atomic E-state index is 0.138. The maximum absolute atomic E-state index is 12.4. The fraction of sp³-hybridized carbons (Fsp3) is 0.222. The van der Waals surface area contributed by atoms with Crippen molar-refractivity contribution in [3.05, 3.63) is 46.5 Å². The quantitative estimate of drug-likeness (QED) is 0.784. The molecule has 0 aliphatic carbocycles. The summed E-state index contributed by atoms with van der Waals surface area (Å²) in [7, 11) is 0. The van der Waals surface area contributed by atoms with E-state index in [1.54, 1.807) is 30.3 Å². The summed E-state index contributed by atoms with van der Waals surface area (Å²) in [5, 5.41) is 0.448. The van der Waals surface area contributed by atoms with Crippen LogP contribution in [0.3, 0.4) is 0 Å². The van der Waals surface area contributed by atoms with Crippen LogP contribution in [0.4, 0.5) is 5.69 Å². The molecule has 0 spiro atoms. The lowest BCUT2D eigenvalue weighted by Crippen LogP contribution is -2.29. The van der Waals surface area contributed by atoms with Crippen LogP contribution < -0.4 is 19.1 Å². The first kappa shape index (κ1) is 15.8. The number of halogens is 1. The average molecular weight is 360 g/mol. The highest BCUT2D eigenvalue weighted by atomic mass is 35.5. The molecule has 0 radical (unpaired) electrons. The molecule has 2 aliphatic heterocycles. The summed E-state index contributed by atoms with van der Waals surface area (Å²) in [4.78, 5) is 26.1. The van der Waals surface area contributed by atoms with Gasteiger partial charge in [-0.1, -0.05) is 11.6 Å². The molecule has 2 aromatic rings. The highest BCUT2D eigenvalue weighted by Crippen LogP contribution is 2.39. The van der Waals surface area contributed by atoms with Gasteiger partial charge in [-0.25, -0.2) is 0 Å². The van der Waals surface area contributed by atoms with Crippen LogP contribution in [0.2, 0.25) is 5.02 Å². The summed E-state index contributed by atoms with van der Waals surface area (Å²) in [6.45, 7) is 2.64. The lowest BCUT2D eigenvalue weighted by molar-refractivity contribution is -0.114. The van der Waals surface area contributed by atoms with Crippen molar-refractivity contribution in [3.8, 4) is 17.2 Å². The average Bonchev–Trinajstić information content (AvgIpc) is 3.14. The molecule has 128 valence electrons. The number of Topliss-reactive ketones (excluding diaryl/α,β-unsaturated/α-hetero) is 1. The van der Waals surface area contributed by atoms with E-state index in [0.29, 0.717) is 45.7 Å². The number of carbonyl (C=O) groups is 2. The lowest BCUT2D eigenvalue weighted by atomic mass is 10.1. The summed E-state index contributed by atoms with van der Waals surface area (Å²) in [5.74, 6) is 0.569. The number of benzene rings is 2. The molecule has 0 saturated carbocycles. The van der Waals surface area contributed by atoms with E-state index in [4.69, 9.17) is 25.8 Å². The highest BCUT2D eigenvalue weighted by molar-refractivity contribution is 6.52. The van der Waals surface area contributed by atoms with Crippen molar-refractivity contribution in [2.24, 2.45) is 0 Å². The standard InChI is InChI=1S/C18H14ClNO5/c1-2-23-11-3-4-14-12(6-11)17(21)18(22)20(14)8-10-5-15-16(7-13(10)19)25-9-24-15/h3-7H,2,8-9H2,1H3. The zero-order valence-corrected chi connectivity index (χ0v) is 14.1. The summed E-state index contributed by atoms with van der Waals surface area (Å²) in [5.41, 5.74) is 1.56. The number of ether oxygens (including phenoxy) is 3. The molecule has 0 saturated heterocycles. The smallest absolute Gasteiger partial charge is 0.299 e. The number of amides is 1. The van der Waals surface area contributed by atoms with Crippen molar-refractivity contribution in [2.75, 3.05) is 18.3 Å². The second kappa shape index (κ2) is 5.97. The molecular formula is C18H14ClNO5. The first-order valence-corrected chi connectivity index (χ1v) is 8.17. The van der Waals surface area contributed by atoms with Crippen LogP contribution in [-0.4, -0.2) is 25.1 Å². The predicted molar refractivity (Wildman–Crippen MR) is 90.7 cm³/mol. The predicted octanol–water partition coefficient (Wildman–Crippen LogP) is 3.20. The highest BCUT2D eigenvalue weighted by Gasteiger charge is 2.36. The number of fused-ring (bicyclic) bond motifs is 2. The summed E-state index contributed by atoms with van der Waals surface area (Å²) < 4.78 is 16.0. The van der Waals surface area contributed by atoms with Gasteiger partial charge in [-0.3, -0.25) is 9.59 Å². The van der Waals surface area contributed by atoms with E-state index in [2.05, 4.69) is 0 Å². The third-order valence-corrected chi connectivity index (χ3v) is 4.48. The fourth-order valence-corrected chi connectivity index (χ4v) is 3.16. The Morgan fingerprint density at radius 3 is 2.68 bits per heavy atom. The topological polar surface area (TPSA) is 65.1 Å². The fourth-order valence-electron chi connectivity index (χ4n) is 2.94. The number of carbonyl (C=O) groups excluding carboxylic acids is 2. The molecule has 25 heavy (non-hydrogen) atoms. The van der Waals surface area contributed by atoms with Gasteiger partial charge < -0.3 is 19.1 Å². The molecule has 0 N–H and O–H groups in total.